The molecule has 3 aromatic rings. The van der Waals surface area contributed by atoms with Gasteiger partial charge in [-0.25, -0.2) is 0 Å². The fourth-order valence-corrected chi connectivity index (χ4v) is 2.98. The SMILES string of the molecule is O=C(NCc1noc(-c2ccc(C(F)(F)F)cc2Cl)n1)c1ccc(Cl)cc1Cl. The second-order valence-corrected chi connectivity index (χ2v) is 6.77. The number of nitrogens with one attached hydrogen (secondary N) is 1. The summed E-state index contributed by atoms with van der Waals surface area (Å²) in [6.07, 6.45) is -4.52. The second-order valence-electron chi connectivity index (χ2n) is 5.51. The molecule has 0 bridgehead atoms. The number of nitrogens with zero attached hydrogens (tertiary/aromatic N) is 2. The summed E-state index contributed by atoms with van der Waals surface area (Å²) in [6, 6.07) is 7.16. The summed E-state index contributed by atoms with van der Waals surface area (Å²) in [5, 5.41) is 6.59. The second kappa shape index (κ2) is 7.98. The van der Waals surface area contributed by atoms with E-state index in [-0.39, 0.29) is 39.4 Å². The van der Waals surface area contributed by atoms with Crippen molar-refractivity contribution >= 4 is 40.7 Å². The normalized spacial score (nSPS) is 11.5. The van der Waals surface area contributed by atoms with Gasteiger partial charge >= 0.3 is 6.18 Å². The smallest absolute Gasteiger partial charge is 0.345 e. The van der Waals surface area contributed by atoms with E-state index in [4.69, 9.17) is 39.3 Å². The zero-order valence-corrected chi connectivity index (χ0v) is 15.9. The first kappa shape index (κ1) is 20.4. The lowest BCUT2D eigenvalue weighted by atomic mass is 10.1. The van der Waals surface area contributed by atoms with E-state index in [0.29, 0.717) is 5.02 Å². The summed E-state index contributed by atoms with van der Waals surface area (Å²) in [5.41, 5.74) is -0.547. The molecule has 1 aromatic heterocycles. The van der Waals surface area contributed by atoms with E-state index in [0.717, 1.165) is 18.2 Å². The van der Waals surface area contributed by atoms with Crippen LogP contribution in [-0.2, 0) is 12.7 Å². The van der Waals surface area contributed by atoms with E-state index in [9.17, 15) is 18.0 Å². The van der Waals surface area contributed by atoms with Crippen LogP contribution in [0.1, 0.15) is 21.7 Å². The predicted octanol–water partition coefficient (Wildman–Crippen LogP) is 5.65. The number of carbonyl (C=O) groups is 1. The minimum atomic E-state index is -4.52. The molecule has 0 fully saturated rings. The van der Waals surface area contributed by atoms with E-state index >= 15 is 0 Å². The Bertz CT molecular complexity index is 1040. The van der Waals surface area contributed by atoms with E-state index in [1.165, 1.54) is 18.2 Å². The number of rotatable bonds is 4. The largest absolute Gasteiger partial charge is 0.416 e. The lowest BCUT2D eigenvalue weighted by molar-refractivity contribution is -0.137. The van der Waals surface area contributed by atoms with Crippen molar-refractivity contribution in [3.8, 4) is 11.5 Å². The van der Waals surface area contributed by atoms with Crippen molar-refractivity contribution < 1.29 is 22.5 Å². The van der Waals surface area contributed by atoms with Gasteiger partial charge in [0.2, 0.25) is 0 Å². The van der Waals surface area contributed by atoms with Crippen molar-refractivity contribution in [1.82, 2.24) is 15.5 Å². The van der Waals surface area contributed by atoms with Crippen molar-refractivity contribution in [3.63, 3.8) is 0 Å². The van der Waals surface area contributed by atoms with E-state index < -0.39 is 17.6 Å². The zero-order chi connectivity index (χ0) is 20.5. The molecule has 1 amide bonds. The Kier molecular flexibility index (Phi) is 5.83. The Morgan fingerprint density at radius 3 is 2.46 bits per heavy atom. The summed E-state index contributed by atoms with van der Waals surface area (Å²) in [7, 11) is 0. The minimum Gasteiger partial charge on any atom is -0.345 e. The van der Waals surface area contributed by atoms with Crippen LogP contribution in [0.15, 0.2) is 40.9 Å². The first-order valence-electron chi connectivity index (χ1n) is 7.58. The maximum absolute atomic E-state index is 12.7. The number of hydrogen-bond donors (Lipinski definition) is 1. The molecule has 0 aliphatic rings. The van der Waals surface area contributed by atoms with Crippen LogP contribution >= 0.6 is 34.8 Å². The molecule has 11 heteroatoms. The van der Waals surface area contributed by atoms with Crippen molar-refractivity contribution in [2.45, 2.75) is 12.7 Å². The molecule has 0 aliphatic heterocycles. The summed E-state index contributed by atoms with van der Waals surface area (Å²) in [5.74, 6) is -0.461. The van der Waals surface area contributed by atoms with E-state index in [1.54, 1.807) is 0 Å². The van der Waals surface area contributed by atoms with Crippen LogP contribution in [0.2, 0.25) is 15.1 Å². The number of amides is 1. The number of halogens is 6. The number of carbonyl (C=O) groups excluding carboxylic acids is 1. The highest BCUT2D eigenvalue weighted by Crippen LogP contribution is 2.35. The van der Waals surface area contributed by atoms with Gasteiger partial charge in [-0.05, 0) is 36.4 Å². The number of alkyl halides is 3. The molecule has 5 nitrogen and oxygen atoms in total. The fourth-order valence-electron chi connectivity index (χ4n) is 2.23. The predicted molar refractivity (Wildman–Crippen MR) is 97.4 cm³/mol. The molecule has 28 heavy (non-hydrogen) atoms. The molecule has 0 aliphatic carbocycles. The van der Waals surface area contributed by atoms with Crippen LogP contribution in [0.3, 0.4) is 0 Å². The van der Waals surface area contributed by atoms with Crippen molar-refractivity contribution in [2.24, 2.45) is 0 Å². The van der Waals surface area contributed by atoms with Crippen molar-refractivity contribution in [3.05, 3.63) is 68.4 Å². The topological polar surface area (TPSA) is 68.0 Å². The van der Waals surface area contributed by atoms with Crippen LogP contribution in [0.25, 0.3) is 11.5 Å². The van der Waals surface area contributed by atoms with Gasteiger partial charge in [-0.2, -0.15) is 18.2 Å². The maximum Gasteiger partial charge on any atom is 0.416 e. The zero-order valence-electron chi connectivity index (χ0n) is 13.6. The molecule has 0 saturated heterocycles. The average molecular weight is 451 g/mol. The van der Waals surface area contributed by atoms with Crippen LogP contribution in [0.5, 0.6) is 0 Å². The van der Waals surface area contributed by atoms with Crippen molar-refractivity contribution in [2.75, 3.05) is 0 Å². The van der Waals surface area contributed by atoms with E-state index in [1.807, 2.05) is 0 Å². The van der Waals surface area contributed by atoms with Crippen molar-refractivity contribution in [1.29, 1.82) is 0 Å². The maximum atomic E-state index is 12.7. The highest BCUT2D eigenvalue weighted by atomic mass is 35.5. The molecular formula is C17H9Cl3F3N3O2. The highest BCUT2D eigenvalue weighted by molar-refractivity contribution is 6.36. The van der Waals surface area contributed by atoms with Gasteiger partial charge in [0.15, 0.2) is 5.82 Å². The van der Waals surface area contributed by atoms with Gasteiger partial charge in [-0.1, -0.05) is 40.0 Å². The monoisotopic (exact) mass is 449 g/mol. The third-order valence-corrected chi connectivity index (χ3v) is 4.44. The summed E-state index contributed by atoms with van der Waals surface area (Å²) >= 11 is 17.6. The minimum absolute atomic E-state index is 0.0764. The summed E-state index contributed by atoms with van der Waals surface area (Å²) in [6.45, 7) is -0.0977. The average Bonchev–Trinajstić information content (AvgIpc) is 3.07. The first-order chi connectivity index (χ1) is 13.1. The molecule has 0 spiro atoms. The van der Waals surface area contributed by atoms with Gasteiger partial charge < -0.3 is 9.84 Å². The Morgan fingerprint density at radius 2 is 1.82 bits per heavy atom. The number of hydrogen-bond acceptors (Lipinski definition) is 4. The van der Waals surface area contributed by atoms with Gasteiger partial charge in [0.1, 0.15) is 0 Å². The third kappa shape index (κ3) is 4.57. The van der Waals surface area contributed by atoms with E-state index in [2.05, 4.69) is 15.5 Å². The fraction of sp³-hybridized carbons (Fsp3) is 0.118. The van der Waals surface area contributed by atoms with Crippen LogP contribution in [0, 0.1) is 0 Å². The van der Waals surface area contributed by atoms with Crippen LogP contribution < -0.4 is 5.32 Å². The third-order valence-electron chi connectivity index (χ3n) is 3.58. The molecule has 3 rings (SSSR count). The number of benzene rings is 2. The highest BCUT2D eigenvalue weighted by Gasteiger charge is 2.31. The Morgan fingerprint density at radius 1 is 1.07 bits per heavy atom. The molecule has 0 saturated carbocycles. The Balaban J connectivity index is 1.72. The molecule has 2 aromatic carbocycles. The van der Waals surface area contributed by atoms with Gasteiger partial charge in [0.05, 0.1) is 33.3 Å². The molecule has 146 valence electrons. The molecule has 0 radical (unpaired) electrons. The number of aromatic nitrogens is 2. The van der Waals surface area contributed by atoms with Crippen LogP contribution in [0.4, 0.5) is 13.2 Å². The lowest BCUT2D eigenvalue weighted by Gasteiger charge is -2.07. The van der Waals surface area contributed by atoms with Gasteiger partial charge in [-0.15, -0.1) is 0 Å². The molecule has 1 heterocycles. The van der Waals surface area contributed by atoms with Gasteiger partial charge in [0.25, 0.3) is 11.8 Å². The van der Waals surface area contributed by atoms with Gasteiger partial charge in [-0.3, -0.25) is 4.79 Å². The first-order valence-corrected chi connectivity index (χ1v) is 8.71. The summed E-state index contributed by atoms with van der Waals surface area (Å²) < 4.78 is 43.1. The quantitative estimate of drug-likeness (QED) is 0.558. The standard InChI is InChI=1S/C17H9Cl3F3N3O2/c18-9-2-4-10(13(20)6-9)15(27)24-7-14-25-16(28-26-14)11-3-1-8(5-12(11)19)17(21,22)23/h1-6H,7H2,(H,24,27). The summed E-state index contributed by atoms with van der Waals surface area (Å²) in [4.78, 5) is 16.2. The molecule has 1 N–H and O–H groups in total. The van der Waals surface area contributed by atoms with Crippen LogP contribution in [-0.4, -0.2) is 16.0 Å². The molecular weight excluding hydrogens is 442 g/mol. The Labute approximate surface area is 171 Å². The molecule has 0 unspecified atom stereocenters. The lowest BCUT2D eigenvalue weighted by Crippen LogP contribution is -2.23. The Hall–Kier alpha value is -2.29. The van der Waals surface area contributed by atoms with Gasteiger partial charge in [0, 0.05) is 5.02 Å². The molecule has 0 atom stereocenters.